The minimum Gasteiger partial charge on any atom is -0.394 e. The van der Waals surface area contributed by atoms with Crippen molar-refractivity contribution in [2.45, 2.75) is 353 Å². The van der Waals surface area contributed by atoms with Crippen LogP contribution in [0.1, 0.15) is 335 Å². The smallest absolute Gasteiger partial charge is 0.222 e. The van der Waals surface area contributed by atoms with E-state index >= 15 is 0 Å². The van der Waals surface area contributed by atoms with Gasteiger partial charge in [-0.15, -0.1) is 0 Å². The Morgan fingerprint density at radius 2 is 0.636 bits per heavy atom. The van der Waals surface area contributed by atoms with Crippen LogP contribution < -0.4 is 5.32 Å². The number of carbonyl (C=O) groups excluding carboxylic acids is 1. The average Bonchev–Trinajstić information content (AvgIpc) is 3.31. The Bertz CT molecular complexity index is 982. The quantitative estimate of drug-likeness (QED) is 0.0361. The summed E-state index contributed by atoms with van der Waals surface area (Å²) in [6.07, 6.45) is 72.4. The molecule has 392 valence electrons. The maximum absolute atomic E-state index is 12.5. The lowest BCUT2D eigenvalue weighted by molar-refractivity contribution is -0.124. The van der Waals surface area contributed by atoms with Crippen molar-refractivity contribution in [2.24, 2.45) is 0 Å². The second-order valence-electron chi connectivity index (χ2n) is 21.0. The maximum atomic E-state index is 12.5. The Labute approximate surface area is 413 Å². The fraction of sp³-hybridized carbons (Fsp3) is 0.918. The van der Waals surface area contributed by atoms with Gasteiger partial charge in [0, 0.05) is 0 Å². The number of aliphatic hydroxyl groups excluding tert-OH is 3. The van der Waals surface area contributed by atoms with E-state index in [0.717, 1.165) is 25.7 Å². The Morgan fingerprint density at radius 3 is 0.924 bits per heavy atom. The molecule has 0 aliphatic carbocycles. The van der Waals surface area contributed by atoms with E-state index in [1.165, 1.54) is 283 Å². The number of amides is 1. The first kappa shape index (κ1) is 64.8. The van der Waals surface area contributed by atoms with Crippen LogP contribution in [0, 0.1) is 0 Å². The van der Waals surface area contributed by atoms with Crippen LogP contribution in [0.3, 0.4) is 0 Å². The molecule has 1 amide bonds. The summed E-state index contributed by atoms with van der Waals surface area (Å²) in [6.45, 7) is 4.26. The Morgan fingerprint density at radius 1 is 0.379 bits per heavy atom. The molecule has 0 saturated heterocycles. The van der Waals surface area contributed by atoms with Crippen molar-refractivity contribution >= 4 is 5.91 Å². The van der Waals surface area contributed by atoms with Gasteiger partial charge in [-0.05, 0) is 44.9 Å². The summed E-state index contributed by atoms with van der Waals surface area (Å²) in [5.41, 5.74) is 0. The summed E-state index contributed by atoms with van der Waals surface area (Å²) in [6, 6.07) is -0.743. The zero-order valence-electron chi connectivity index (χ0n) is 44.9. The van der Waals surface area contributed by atoms with Gasteiger partial charge < -0.3 is 20.6 Å². The molecule has 0 fully saturated rings. The molecule has 0 bridgehead atoms. The van der Waals surface area contributed by atoms with E-state index in [-0.39, 0.29) is 18.9 Å². The van der Waals surface area contributed by atoms with Crippen molar-refractivity contribution in [1.29, 1.82) is 0 Å². The van der Waals surface area contributed by atoms with Gasteiger partial charge in [0.05, 0.1) is 31.3 Å². The van der Waals surface area contributed by atoms with Crippen molar-refractivity contribution in [1.82, 2.24) is 5.32 Å². The van der Waals surface area contributed by atoms with Gasteiger partial charge in [-0.3, -0.25) is 4.79 Å². The molecule has 3 atom stereocenters. The van der Waals surface area contributed by atoms with E-state index in [1.807, 2.05) is 6.08 Å². The second-order valence-corrected chi connectivity index (χ2v) is 21.0. The standard InChI is InChI=1S/C61H119NO4/c1-3-5-7-9-11-13-15-17-19-21-23-25-26-27-28-29-30-31-32-33-35-36-38-40-42-44-46-48-50-52-54-58(64)56-61(66)62-59(57-63)60(65)55-53-51-49-47-45-43-41-39-37-34-24-22-20-18-16-14-12-10-8-6-4-2/h27-28,53,55,58-60,63-65H,3-26,29-52,54,56-57H2,1-2H3,(H,62,66)/b28-27-,55-53+. The van der Waals surface area contributed by atoms with Gasteiger partial charge in [-0.25, -0.2) is 0 Å². The molecule has 5 heteroatoms. The number of carbonyl (C=O) groups is 1. The minimum atomic E-state index is -0.928. The Hall–Kier alpha value is -1.17. The first-order valence-electron chi connectivity index (χ1n) is 30.1. The van der Waals surface area contributed by atoms with Crippen LogP contribution in [0.5, 0.6) is 0 Å². The van der Waals surface area contributed by atoms with Crippen LogP contribution in [-0.2, 0) is 4.79 Å². The van der Waals surface area contributed by atoms with Gasteiger partial charge >= 0.3 is 0 Å². The van der Waals surface area contributed by atoms with Crippen molar-refractivity contribution in [3.05, 3.63) is 24.3 Å². The number of allylic oxidation sites excluding steroid dienone is 3. The van der Waals surface area contributed by atoms with Crippen LogP contribution in [0.4, 0.5) is 0 Å². The molecule has 0 heterocycles. The third-order valence-corrected chi connectivity index (χ3v) is 14.2. The molecule has 0 rings (SSSR count). The third kappa shape index (κ3) is 52.2. The van der Waals surface area contributed by atoms with E-state index in [9.17, 15) is 20.1 Å². The number of rotatable bonds is 56. The van der Waals surface area contributed by atoms with Crippen LogP contribution in [-0.4, -0.2) is 46.1 Å². The highest BCUT2D eigenvalue weighted by molar-refractivity contribution is 5.76. The van der Waals surface area contributed by atoms with E-state index in [0.29, 0.717) is 6.42 Å². The molecule has 3 unspecified atom stereocenters. The molecule has 0 radical (unpaired) electrons. The van der Waals surface area contributed by atoms with Crippen LogP contribution in [0.2, 0.25) is 0 Å². The molecular formula is C61H119NO4. The topological polar surface area (TPSA) is 89.8 Å². The molecule has 0 aromatic rings. The number of hydrogen-bond donors (Lipinski definition) is 4. The molecule has 0 aliphatic rings. The second kappa shape index (κ2) is 56.4. The third-order valence-electron chi connectivity index (χ3n) is 14.2. The average molecular weight is 931 g/mol. The number of hydrogen-bond acceptors (Lipinski definition) is 4. The lowest BCUT2D eigenvalue weighted by atomic mass is 10.0. The predicted molar refractivity (Wildman–Crippen MR) is 292 cm³/mol. The molecule has 4 N–H and O–H groups in total. The van der Waals surface area contributed by atoms with Crippen molar-refractivity contribution in [3.63, 3.8) is 0 Å². The summed E-state index contributed by atoms with van der Waals surface area (Å²) < 4.78 is 0. The van der Waals surface area contributed by atoms with Crippen LogP contribution in [0.25, 0.3) is 0 Å². The van der Waals surface area contributed by atoms with E-state index in [2.05, 4.69) is 31.3 Å². The number of unbranched alkanes of at least 4 members (excludes halogenated alkanes) is 45. The fourth-order valence-electron chi connectivity index (χ4n) is 9.63. The molecular weight excluding hydrogens is 811 g/mol. The molecule has 0 spiro atoms. The normalized spacial score (nSPS) is 13.3. The lowest BCUT2D eigenvalue weighted by Gasteiger charge is -2.21. The van der Waals surface area contributed by atoms with E-state index in [4.69, 9.17) is 0 Å². The van der Waals surface area contributed by atoms with Crippen LogP contribution in [0.15, 0.2) is 24.3 Å². The van der Waals surface area contributed by atoms with E-state index < -0.39 is 18.2 Å². The molecule has 0 aliphatic heterocycles. The molecule has 0 aromatic carbocycles. The van der Waals surface area contributed by atoms with Crippen molar-refractivity contribution < 1.29 is 20.1 Å². The van der Waals surface area contributed by atoms with Gasteiger partial charge in [0.1, 0.15) is 0 Å². The molecule has 0 saturated carbocycles. The first-order chi connectivity index (χ1) is 32.5. The summed E-state index contributed by atoms with van der Waals surface area (Å²) in [4.78, 5) is 12.5. The number of nitrogens with one attached hydrogen (secondary N) is 1. The van der Waals surface area contributed by atoms with E-state index in [1.54, 1.807) is 6.08 Å². The SMILES string of the molecule is CCCCCCCCCCCCCC/C=C\CCCCCCCCCCCCCCCCC(O)CC(=O)NC(CO)C(O)/C=C/CCCCCCCCCCCCCCCCCCCCC. The molecule has 66 heavy (non-hydrogen) atoms. The number of aliphatic hydroxyl groups is 3. The largest absolute Gasteiger partial charge is 0.394 e. The molecule has 0 aromatic heterocycles. The minimum absolute atomic E-state index is 0.0171. The highest BCUT2D eigenvalue weighted by Gasteiger charge is 2.20. The van der Waals surface area contributed by atoms with Crippen LogP contribution >= 0.6 is 0 Å². The fourth-order valence-corrected chi connectivity index (χ4v) is 9.63. The lowest BCUT2D eigenvalue weighted by Crippen LogP contribution is -2.45. The summed E-state index contributed by atoms with van der Waals surface area (Å²) in [5, 5.41) is 33.5. The molecule has 5 nitrogen and oxygen atoms in total. The summed E-state index contributed by atoms with van der Waals surface area (Å²) in [7, 11) is 0. The van der Waals surface area contributed by atoms with Gasteiger partial charge in [0.25, 0.3) is 0 Å². The highest BCUT2D eigenvalue weighted by atomic mass is 16.3. The Kier molecular flexibility index (Phi) is 55.4. The van der Waals surface area contributed by atoms with Gasteiger partial charge in [0.2, 0.25) is 5.91 Å². The monoisotopic (exact) mass is 930 g/mol. The van der Waals surface area contributed by atoms with Gasteiger partial charge in [-0.1, -0.05) is 308 Å². The first-order valence-corrected chi connectivity index (χ1v) is 30.1. The van der Waals surface area contributed by atoms with Gasteiger partial charge in [-0.2, -0.15) is 0 Å². The summed E-state index contributed by atoms with van der Waals surface area (Å²) in [5.74, 6) is -0.309. The predicted octanol–water partition coefficient (Wildman–Crippen LogP) is 18.8. The Balaban J connectivity index is 3.52. The zero-order chi connectivity index (χ0) is 47.9. The maximum Gasteiger partial charge on any atom is 0.222 e. The van der Waals surface area contributed by atoms with Gasteiger partial charge in [0.15, 0.2) is 0 Å². The van der Waals surface area contributed by atoms with Crippen molar-refractivity contribution in [2.75, 3.05) is 6.61 Å². The van der Waals surface area contributed by atoms with Crippen molar-refractivity contribution in [3.8, 4) is 0 Å². The summed E-state index contributed by atoms with van der Waals surface area (Å²) >= 11 is 0. The zero-order valence-corrected chi connectivity index (χ0v) is 44.9. The highest BCUT2D eigenvalue weighted by Crippen LogP contribution is 2.18.